The molecule has 1 aromatic carbocycles. The SMILES string of the molecule is COC(=O)c1ccnc(N2C[C@H]3C[C@H](c4ccccc4C(F)(F)F)C[C@H]3C2)n1. The molecule has 0 radical (unpaired) electrons. The fourth-order valence-corrected chi connectivity index (χ4v) is 4.55. The van der Waals surface area contributed by atoms with Crippen LogP contribution in [0.2, 0.25) is 0 Å². The fraction of sp³-hybridized carbons (Fsp3) is 0.450. The van der Waals surface area contributed by atoms with Gasteiger partial charge >= 0.3 is 12.1 Å². The molecule has 2 fully saturated rings. The second-order valence-electron chi connectivity index (χ2n) is 7.41. The molecule has 0 amide bonds. The number of hydrogen-bond donors (Lipinski definition) is 0. The Morgan fingerprint density at radius 1 is 1.14 bits per heavy atom. The zero-order valence-corrected chi connectivity index (χ0v) is 15.3. The first-order valence-corrected chi connectivity index (χ1v) is 9.19. The topological polar surface area (TPSA) is 55.3 Å². The molecule has 1 aliphatic heterocycles. The van der Waals surface area contributed by atoms with Crippen molar-refractivity contribution in [3.63, 3.8) is 0 Å². The van der Waals surface area contributed by atoms with Crippen molar-refractivity contribution in [1.29, 1.82) is 0 Å². The minimum atomic E-state index is -4.33. The number of nitrogens with zero attached hydrogens (tertiary/aromatic N) is 3. The highest BCUT2D eigenvalue weighted by molar-refractivity contribution is 5.87. The molecule has 1 aromatic heterocycles. The van der Waals surface area contributed by atoms with E-state index < -0.39 is 17.7 Å². The van der Waals surface area contributed by atoms with Crippen LogP contribution >= 0.6 is 0 Å². The van der Waals surface area contributed by atoms with Gasteiger partial charge in [0, 0.05) is 19.3 Å². The van der Waals surface area contributed by atoms with Gasteiger partial charge in [-0.2, -0.15) is 13.2 Å². The smallest absolute Gasteiger partial charge is 0.416 e. The predicted octanol–water partition coefficient (Wildman–Crippen LogP) is 3.91. The van der Waals surface area contributed by atoms with Crippen LogP contribution in [0.3, 0.4) is 0 Å². The number of aromatic nitrogens is 2. The fourth-order valence-electron chi connectivity index (χ4n) is 4.55. The van der Waals surface area contributed by atoms with Crippen LogP contribution in [0.1, 0.15) is 40.4 Å². The molecule has 8 heteroatoms. The average molecular weight is 391 g/mol. The van der Waals surface area contributed by atoms with Crippen LogP contribution < -0.4 is 4.90 Å². The molecule has 28 heavy (non-hydrogen) atoms. The Hall–Kier alpha value is -2.64. The van der Waals surface area contributed by atoms with Crippen molar-refractivity contribution in [2.45, 2.75) is 24.9 Å². The summed E-state index contributed by atoms with van der Waals surface area (Å²) in [6.07, 6.45) is -1.39. The maximum atomic E-state index is 13.3. The van der Waals surface area contributed by atoms with Gasteiger partial charge in [0.25, 0.3) is 0 Å². The van der Waals surface area contributed by atoms with Crippen LogP contribution in [-0.4, -0.2) is 36.1 Å². The van der Waals surface area contributed by atoms with E-state index in [1.165, 1.54) is 31.5 Å². The summed E-state index contributed by atoms with van der Waals surface area (Å²) in [6.45, 7) is 1.36. The molecule has 0 unspecified atom stereocenters. The van der Waals surface area contributed by atoms with Crippen LogP contribution in [0, 0.1) is 11.8 Å². The zero-order valence-electron chi connectivity index (χ0n) is 15.3. The third-order valence-corrected chi connectivity index (χ3v) is 5.78. The summed E-state index contributed by atoms with van der Waals surface area (Å²) in [5.74, 6) is 0.432. The summed E-state index contributed by atoms with van der Waals surface area (Å²) in [5, 5.41) is 0. The maximum Gasteiger partial charge on any atom is 0.416 e. The van der Waals surface area contributed by atoms with Gasteiger partial charge in [-0.15, -0.1) is 0 Å². The van der Waals surface area contributed by atoms with Crippen LogP contribution in [0.4, 0.5) is 19.1 Å². The summed E-state index contributed by atoms with van der Waals surface area (Å²) in [5.41, 5.74) is 0.0763. The van der Waals surface area contributed by atoms with Crippen LogP contribution in [0.15, 0.2) is 36.5 Å². The van der Waals surface area contributed by atoms with Crippen molar-refractivity contribution in [2.24, 2.45) is 11.8 Å². The minimum absolute atomic E-state index is 0.0858. The van der Waals surface area contributed by atoms with E-state index in [2.05, 4.69) is 9.97 Å². The number of rotatable bonds is 3. The quantitative estimate of drug-likeness (QED) is 0.743. The van der Waals surface area contributed by atoms with E-state index in [4.69, 9.17) is 4.74 Å². The molecule has 0 N–H and O–H groups in total. The van der Waals surface area contributed by atoms with Crippen molar-refractivity contribution in [3.05, 3.63) is 53.3 Å². The number of esters is 1. The van der Waals surface area contributed by atoms with Crippen molar-refractivity contribution in [1.82, 2.24) is 9.97 Å². The lowest BCUT2D eigenvalue weighted by Gasteiger charge is -2.21. The summed E-state index contributed by atoms with van der Waals surface area (Å²) >= 11 is 0. The van der Waals surface area contributed by atoms with E-state index in [0.717, 1.165) is 0 Å². The Kier molecular flexibility index (Phi) is 4.72. The number of hydrogen-bond acceptors (Lipinski definition) is 5. The van der Waals surface area contributed by atoms with Gasteiger partial charge in [-0.3, -0.25) is 0 Å². The molecule has 1 aliphatic carbocycles. The molecule has 1 saturated carbocycles. The summed E-state index contributed by atoms with van der Waals surface area (Å²) in [4.78, 5) is 22.2. The number of benzene rings is 1. The number of ether oxygens (including phenoxy) is 1. The number of halogens is 3. The molecule has 1 saturated heterocycles. The van der Waals surface area contributed by atoms with Crippen molar-refractivity contribution < 1.29 is 22.7 Å². The van der Waals surface area contributed by atoms with Crippen molar-refractivity contribution >= 4 is 11.9 Å². The third-order valence-electron chi connectivity index (χ3n) is 5.78. The Morgan fingerprint density at radius 2 is 1.82 bits per heavy atom. The second kappa shape index (κ2) is 7.07. The lowest BCUT2D eigenvalue weighted by atomic mass is 9.91. The van der Waals surface area contributed by atoms with Gasteiger partial charge in [0.1, 0.15) is 0 Å². The maximum absolute atomic E-state index is 13.3. The average Bonchev–Trinajstić information content (AvgIpc) is 3.26. The van der Waals surface area contributed by atoms with Crippen LogP contribution in [0.5, 0.6) is 0 Å². The largest absolute Gasteiger partial charge is 0.464 e. The molecule has 3 atom stereocenters. The number of methoxy groups -OCH3 is 1. The molecule has 2 heterocycles. The van der Waals surface area contributed by atoms with Crippen LogP contribution in [0.25, 0.3) is 0 Å². The highest BCUT2D eigenvalue weighted by atomic mass is 19.4. The van der Waals surface area contributed by atoms with Gasteiger partial charge in [0.2, 0.25) is 5.95 Å². The molecule has 148 valence electrons. The molecular formula is C20H20F3N3O2. The normalized spacial score (nSPS) is 24.3. The lowest BCUT2D eigenvalue weighted by Crippen LogP contribution is -2.24. The second-order valence-corrected chi connectivity index (χ2v) is 7.41. The Morgan fingerprint density at radius 3 is 2.46 bits per heavy atom. The summed E-state index contributed by atoms with van der Waals surface area (Å²) in [7, 11) is 1.29. The first-order chi connectivity index (χ1) is 13.4. The van der Waals surface area contributed by atoms with Gasteiger partial charge in [-0.05, 0) is 48.3 Å². The molecular weight excluding hydrogens is 371 g/mol. The van der Waals surface area contributed by atoms with E-state index in [1.807, 2.05) is 4.90 Å². The highest BCUT2D eigenvalue weighted by Gasteiger charge is 2.44. The highest BCUT2D eigenvalue weighted by Crippen LogP contribution is 2.49. The van der Waals surface area contributed by atoms with E-state index in [0.29, 0.717) is 37.4 Å². The minimum Gasteiger partial charge on any atom is -0.464 e. The number of anilines is 1. The Balaban J connectivity index is 1.48. The van der Waals surface area contributed by atoms with Gasteiger partial charge < -0.3 is 9.64 Å². The third kappa shape index (κ3) is 3.43. The number of alkyl halides is 3. The Labute approximate surface area is 160 Å². The molecule has 0 bridgehead atoms. The van der Waals surface area contributed by atoms with E-state index in [-0.39, 0.29) is 23.4 Å². The van der Waals surface area contributed by atoms with Crippen molar-refractivity contribution in [2.75, 3.05) is 25.1 Å². The number of carbonyl (C=O) groups excluding carboxylic acids is 1. The monoisotopic (exact) mass is 391 g/mol. The van der Waals surface area contributed by atoms with E-state index >= 15 is 0 Å². The van der Waals surface area contributed by atoms with Gasteiger partial charge in [-0.1, -0.05) is 18.2 Å². The van der Waals surface area contributed by atoms with E-state index in [1.54, 1.807) is 12.1 Å². The predicted molar refractivity (Wildman–Crippen MR) is 96.0 cm³/mol. The van der Waals surface area contributed by atoms with Gasteiger partial charge in [0.15, 0.2) is 5.69 Å². The standard InChI is InChI=1S/C20H20F3N3O2/c1-28-18(27)17-6-7-24-19(25-17)26-10-13-8-12(9-14(13)11-26)15-4-2-3-5-16(15)20(21,22)23/h2-7,12-14H,8-11H2,1H3/t12-,13+,14-. The molecule has 0 spiro atoms. The number of carbonyl (C=O) groups is 1. The Bertz CT molecular complexity index is 873. The molecule has 2 aromatic rings. The summed E-state index contributed by atoms with van der Waals surface area (Å²) in [6, 6.07) is 7.39. The summed E-state index contributed by atoms with van der Waals surface area (Å²) < 4.78 is 44.7. The van der Waals surface area contributed by atoms with Gasteiger partial charge in [0.05, 0.1) is 12.7 Å². The van der Waals surface area contributed by atoms with Crippen molar-refractivity contribution in [3.8, 4) is 0 Å². The number of fused-ring (bicyclic) bond motifs is 1. The zero-order chi connectivity index (χ0) is 19.9. The molecule has 2 aliphatic rings. The lowest BCUT2D eigenvalue weighted by molar-refractivity contribution is -0.138. The first kappa shape index (κ1) is 18.7. The molecule has 5 nitrogen and oxygen atoms in total. The molecule has 4 rings (SSSR count). The first-order valence-electron chi connectivity index (χ1n) is 9.19. The van der Waals surface area contributed by atoms with Crippen LogP contribution in [-0.2, 0) is 10.9 Å². The van der Waals surface area contributed by atoms with E-state index in [9.17, 15) is 18.0 Å². The van der Waals surface area contributed by atoms with Gasteiger partial charge in [-0.25, -0.2) is 14.8 Å².